The molecule has 0 atom stereocenters. The highest BCUT2D eigenvalue weighted by molar-refractivity contribution is 5.46. The van der Waals surface area contributed by atoms with E-state index in [1.54, 1.807) is 0 Å². The summed E-state index contributed by atoms with van der Waals surface area (Å²) in [7, 11) is 2.29. The minimum absolute atomic E-state index is 0.223. The fourth-order valence-corrected chi connectivity index (χ4v) is 3.82. The highest BCUT2D eigenvalue weighted by atomic mass is 15.2. The first kappa shape index (κ1) is 14.9. The van der Waals surface area contributed by atoms with Crippen molar-refractivity contribution in [1.29, 1.82) is 0 Å². The van der Waals surface area contributed by atoms with Crippen molar-refractivity contribution in [1.82, 2.24) is 4.90 Å². The van der Waals surface area contributed by atoms with Gasteiger partial charge in [0.05, 0.1) is 0 Å². The first-order valence-electron chi connectivity index (χ1n) is 8.45. The minimum atomic E-state index is 0.223. The molecule has 3 nitrogen and oxygen atoms in total. The van der Waals surface area contributed by atoms with E-state index in [9.17, 15) is 0 Å². The zero-order valence-electron chi connectivity index (χ0n) is 13.3. The number of likely N-dealkylation sites (N-methyl/N-ethyl adjacent to an activating group) is 1. The Morgan fingerprint density at radius 1 is 1.19 bits per heavy atom. The smallest absolute Gasteiger partial charge is 0.0366 e. The van der Waals surface area contributed by atoms with E-state index in [0.29, 0.717) is 0 Å². The van der Waals surface area contributed by atoms with Gasteiger partial charge in [0.25, 0.3) is 0 Å². The van der Waals surface area contributed by atoms with E-state index in [1.165, 1.54) is 44.3 Å². The number of nitrogens with zero attached hydrogens (tertiary/aromatic N) is 2. The number of hydrogen-bond donors (Lipinski definition) is 1. The van der Waals surface area contributed by atoms with Crippen molar-refractivity contribution in [2.45, 2.75) is 37.6 Å². The summed E-state index contributed by atoms with van der Waals surface area (Å²) in [6, 6.07) is 10.8. The zero-order chi connectivity index (χ0) is 14.7. The molecule has 2 N–H and O–H groups in total. The molecule has 1 saturated carbocycles. The number of nitrogens with two attached hydrogens (primary N) is 1. The molecule has 1 aliphatic carbocycles. The van der Waals surface area contributed by atoms with Gasteiger partial charge >= 0.3 is 0 Å². The molecular formula is C18H29N3. The zero-order valence-corrected chi connectivity index (χ0v) is 13.3. The van der Waals surface area contributed by atoms with E-state index >= 15 is 0 Å². The molecule has 1 heterocycles. The summed E-state index contributed by atoms with van der Waals surface area (Å²) in [5.74, 6) is 0.922. The van der Waals surface area contributed by atoms with Crippen molar-refractivity contribution < 1.29 is 0 Å². The van der Waals surface area contributed by atoms with Crippen LogP contribution in [0.4, 0.5) is 5.69 Å². The van der Waals surface area contributed by atoms with Gasteiger partial charge in [0.15, 0.2) is 0 Å². The van der Waals surface area contributed by atoms with Gasteiger partial charge in [-0.05, 0) is 50.8 Å². The van der Waals surface area contributed by atoms with Gasteiger partial charge in [-0.25, -0.2) is 0 Å². The summed E-state index contributed by atoms with van der Waals surface area (Å²) in [4.78, 5) is 5.09. The van der Waals surface area contributed by atoms with Gasteiger partial charge in [0.2, 0.25) is 0 Å². The predicted octanol–water partition coefficient (Wildman–Crippen LogP) is 2.72. The van der Waals surface area contributed by atoms with Gasteiger partial charge in [0, 0.05) is 37.4 Å². The topological polar surface area (TPSA) is 32.5 Å². The van der Waals surface area contributed by atoms with Crippen molar-refractivity contribution in [3.05, 3.63) is 30.3 Å². The summed E-state index contributed by atoms with van der Waals surface area (Å²) in [6.45, 7) is 4.27. The molecule has 3 rings (SSSR count). The maximum atomic E-state index is 6.20. The minimum Gasteiger partial charge on any atom is -0.371 e. The van der Waals surface area contributed by atoms with E-state index in [0.717, 1.165) is 25.6 Å². The molecular weight excluding hydrogens is 258 g/mol. The van der Waals surface area contributed by atoms with Crippen LogP contribution in [0.3, 0.4) is 0 Å². The second-order valence-electron chi connectivity index (χ2n) is 6.93. The summed E-state index contributed by atoms with van der Waals surface area (Å²) in [6.07, 6.45) is 6.63. The quantitative estimate of drug-likeness (QED) is 0.904. The average molecular weight is 287 g/mol. The number of benzene rings is 1. The molecule has 116 valence electrons. The molecule has 0 aromatic heterocycles. The second kappa shape index (κ2) is 6.37. The van der Waals surface area contributed by atoms with Gasteiger partial charge < -0.3 is 10.6 Å². The number of anilines is 1. The van der Waals surface area contributed by atoms with E-state index < -0.39 is 0 Å². The largest absolute Gasteiger partial charge is 0.371 e. The Hall–Kier alpha value is -1.06. The standard InChI is InChI=1S/C18H29N3/c1-20(14-16-6-5-7-16)18(15-19)10-12-21(13-11-18)17-8-3-2-4-9-17/h2-4,8-9,16H,5-7,10-15,19H2,1H3. The predicted molar refractivity (Wildman–Crippen MR) is 89.6 cm³/mol. The Bertz CT molecular complexity index is 433. The monoisotopic (exact) mass is 287 g/mol. The molecule has 1 saturated heterocycles. The van der Waals surface area contributed by atoms with Crippen LogP contribution in [0.15, 0.2) is 30.3 Å². The highest BCUT2D eigenvalue weighted by Gasteiger charge is 2.38. The number of rotatable bonds is 5. The fourth-order valence-electron chi connectivity index (χ4n) is 3.82. The van der Waals surface area contributed by atoms with Gasteiger partial charge in [0.1, 0.15) is 0 Å². The Morgan fingerprint density at radius 3 is 2.38 bits per heavy atom. The number of para-hydroxylation sites is 1. The number of hydrogen-bond acceptors (Lipinski definition) is 3. The third-order valence-corrected chi connectivity index (χ3v) is 5.76. The van der Waals surface area contributed by atoms with Crippen molar-refractivity contribution >= 4 is 5.69 Å². The summed E-state index contributed by atoms with van der Waals surface area (Å²) in [5.41, 5.74) is 7.77. The van der Waals surface area contributed by atoms with Crippen LogP contribution in [-0.4, -0.2) is 43.7 Å². The van der Waals surface area contributed by atoms with Crippen LogP contribution in [0.25, 0.3) is 0 Å². The molecule has 1 aromatic rings. The van der Waals surface area contributed by atoms with Gasteiger partial charge in [-0.15, -0.1) is 0 Å². The van der Waals surface area contributed by atoms with Crippen LogP contribution >= 0.6 is 0 Å². The first-order valence-corrected chi connectivity index (χ1v) is 8.45. The lowest BCUT2D eigenvalue weighted by Gasteiger charge is -2.49. The molecule has 21 heavy (non-hydrogen) atoms. The summed E-state index contributed by atoms with van der Waals surface area (Å²) < 4.78 is 0. The van der Waals surface area contributed by atoms with Crippen molar-refractivity contribution in [3.8, 4) is 0 Å². The first-order chi connectivity index (χ1) is 10.2. The van der Waals surface area contributed by atoms with E-state index in [4.69, 9.17) is 5.73 Å². The fraction of sp³-hybridized carbons (Fsp3) is 0.667. The molecule has 1 aliphatic heterocycles. The van der Waals surface area contributed by atoms with Gasteiger partial charge in [-0.1, -0.05) is 24.6 Å². The van der Waals surface area contributed by atoms with Crippen LogP contribution in [0.2, 0.25) is 0 Å². The maximum absolute atomic E-state index is 6.20. The molecule has 0 bridgehead atoms. The highest BCUT2D eigenvalue weighted by Crippen LogP contribution is 2.33. The van der Waals surface area contributed by atoms with Crippen LogP contribution in [-0.2, 0) is 0 Å². The lowest BCUT2D eigenvalue weighted by atomic mass is 9.81. The van der Waals surface area contributed by atoms with Crippen LogP contribution in [0.1, 0.15) is 32.1 Å². The molecule has 1 aromatic carbocycles. The SMILES string of the molecule is CN(CC1CCC1)C1(CN)CCN(c2ccccc2)CC1. The van der Waals surface area contributed by atoms with Gasteiger partial charge in [-0.3, -0.25) is 4.90 Å². The Kier molecular flexibility index (Phi) is 4.51. The summed E-state index contributed by atoms with van der Waals surface area (Å²) in [5, 5.41) is 0. The van der Waals surface area contributed by atoms with Gasteiger partial charge in [-0.2, -0.15) is 0 Å². The normalized spacial score (nSPS) is 22.3. The van der Waals surface area contributed by atoms with Crippen molar-refractivity contribution in [2.24, 2.45) is 11.7 Å². The molecule has 0 spiro atoms. The van der Waals surface area contributed by atoms with Crippen LogP contribution < -0.4 is 10.6 Å². The molecule has 2 fully saturated rings. The van der Waals surface area contributed by atoms with E-state index in [1.807, 2.05) is 0 Å². The Balaban J connectivity index is 1.61. The molecule has 3 heteroatoms. The van der Waals surface area contributed by atoms with Crippen molar-refractivity contribution in [2.75, 3.05) is 38.1 Å². The molecule has 0 radical (unpaired) electrons. The molecule has 2 aliphatic rings. The lowest BCUT2D eigenvalue weighted by molar-refractivity contribution is 0.0640. The third-order valence-electron chi connectivity index (χ3n) is 5.76. The van der Waals surface area contributed by atoms with Crippen molar-refractivity contribution in [3.63, 3.8) is 0 Å². The summed E-state index contributed by atoms with van der Waals surface area (Å²) >= 11 is 0. The molecule has 0 amide bonds. The second-order valence-corrected chi connectivity index (χ2v) is 6.93. The van der Waals surface area contributed by atoms with Crippen LogP contribution in [0.5, 0.6) is 0 Å². The van der Waals surface area contributed by atoms with E-state index in [-0.39, 0.29) is 5.54 Å². The number of piperidine rings is 1. The van der Waals surface area contributed by atoms with Crippen LogP contribution in [0, 0.1) is 5.92 Å². The lowest BCUT2D eigenvalue weighted by Crippen LogP contribution is -2.59. The third kappa shape index (κ3) is 3.09. The Labute approximate surface area is 129 Å². The maximum Gasteiger partial charge on any atom is 0.0366 e. The average Bonchev–Trinajstić information content (AvgIpc) is 2.51. The van der Waals surface area contributed by atoms with E-state index in [2.05, 4.69) is 47.2 Å². The molecule has 0 unspecified atom stereocenters. The Morgan fingerprint density at radius 2 is 1.86 bits per heavy atom.